The van der Waals surface area contributed by atoms with E-state index in [1.807, 2.05) is 17.0 Å². The summed E-state index contributed by atoms with van der Waals surface area (Å²) in [5.41, 5.74) is -0.284. The molecule has 0 spiro atoms. The molecule has 0 saturated carbocycles. The fraction of sp³-hybridized carbons (Fsp3) is 0.613. The lowest BCUT2D eigenvalue weighted by molar-refractivity contribution is -0.155. The number of Topliss-reactive ketones (excluding diaryl/α,β-unsaturated/α-hetero) is 1. The van der Waals surface area contributed by atoms with Gasteiger partial charge in [-0.3, -0.25) is 24.1 Å². The minimum absolute atomic E-state index is 0.00445. The van der Waals surface area contributed by atoms with Crippen LogP contribution in [0, 0.1) is 0 Å². The number of nitrogens with zero attached hydrogens (tertiary/aromatic N) is 1. The summed E-state index contributed by atoms with van der Waals surface area (Å²) < 4.78 is 21.4. The number of methoxy groups -OCH3 is 1. The molecule has 0 radical (unpaired) electrons. The molecule has 3 heterocycles. The van der Waals surface area contributed by atoms with Crippen molar-refractivity contribution < 1.29 is 38.1 Å². The predicted octanol–water partition coefficient (Wildman–Crippen LogP) is 0.283. The normalized spacial score (nSPS) is 24.1. The molecule has 1 aromatic carbocycles. The summed E-state index contributed by atoms with van der Waals surface area (Å²) in [5.74, 6) is -0.815. The smallest absolute Gasteiger partial charge is 0.251 e. The molecule has 5 rings (SSSR count). The SMILES string of the molecule is COc1ccc(C[C@H](NC(=O)C2(NC(=O)CN3CCOCC3)COC2)C(=O)N[C@@H](CC2=CCCC2)C(=O)[C@@]2(C)CO2)cc1. The number of morpholine rings is 1. The average Bonchev–Trinajstić information content (AvgIpc) is 3.52. The molecule has 234 valence electrons. The van der Waals surface area contributed by atoms with Gasteiger partial charge in [0.05, 0.1) is 52.7 Å². The first kappa shape index (κ1) is 31.1. The lowest BCUT2D eigenvalue weighted by atomic mass is 9.93. The molecule has 4 aliphatic rings. The summed E-state index contributed by atoms with van der Waals surface area (Å²) in [6.07, 6.45) is 5.56. The maximum absolute atomic E-state index is 13.9. The van der Waals surface area contributed by atoms with Gasteiger partial charge < -0.3 is 34.9 Å². The molecule has 3 atom stereocenters. The van der Waals surface area contributed by atoms with Crippen LogP contribution in [0.2, 0.25) is 0 Å². The Morgan fingerprint density at radius 1 is 0.977 bits per heavy atom. The van der Waals surface area contributed by atoms with Gasteiger partial charge in [-0.05, 0) is 50.3 Å². The third-order valence-corrected chi connectivity index (χ3v) is 8.53. The Balaban J connectivity index is 1.31. The van der Waals surface area contributed by atoms with Crippen molar-refractivity contribution in [2.24, 2.45) is 0 Å². The largest absolute Gasteiger partial charge is 0.497 e. The van der Waals surface area contributed by atoms with Gasteiger partial charge in [0.15, 0.2) is 11.3 Å². The molecule has 12 nitrogen and oxygen atoms in total. The molecule has 1 aromatic rings. The van der Waals surface area contributed by atoms with Crippen LogP contribution in [0.25, 0.3) is 0 Å². The molecule has 43 heavy (non-hydrogen) atoms. The van der Waals surface area contributed by atoms with Gasteiger partial charge in [-0.25, -0.2) is 0 Å². The summed E-state index contributed by atoms with van der Waals surface area (Å²) in [6, 6.07) is 5.40. The molecule has 3 N–H and O–H groups in total. The Hall–Kier alpha value is -3.32. The number of rotatable bonds is 14. The molecule has 0 bridgehead atoms. The number of carbonyl (C=O) groups excluding carboxylic acids is 4. The third kappa shape index (κ3) is 7.80. The number of ether oxygens (including phenoxy) is 4. The molecule has 0 unspecified atom stereocenters. The number of hydrogen-bond donors (Lipinski definition) is 3. The van der Waals surface area contributed by atoms with Crippen molar-refractivity contribution in [3.63, 3.8) is 0 Å². The van der Waals surface area contributed by atoms with Gasteiger partial charge in [0, 0.05) is 19.5 Å². The van der Waals surface area contributed by atoms with E-state index >= 15 is 0 Å². The maximum Gasteiger partial charge on any atom is 0.251 e. The van der Waals surface area contributed by atoms with Gasteiger partial charge in [0.1, 0.15) is 17.4 Å². The van der Waals surface area contributed by atoms with Crippen LogP contribution in [0.5, 0.6) is 5.75 Å². The first-order valence-corrected chi connectivity index (χ1v) is 15.0. The average molecular weight is 599 g/mol. The van der Waals surface area contributed by atoms with E-state index in [1.54, 1.807) is 26.2 Å². The lowest BCUT2D eigenvalue weighted by Crippen LogP contribution is -2.72. The zero-order valence-electron chi connectivity index (χ0n) is 24.9. The van der Waals surface area contributed by atoms with E-state index < -0.39 is 35.0 Å². The van der Waals surface area contributed by atoms with Gasteiger partial charge in [-0.2, -0.15) is 0 Å². The van der Waals surface area contributed by atoms with Gasteiger partial charge in [-0.1, -0.05) is 23.8 Å². The Bertz CT molecular complexity index is 1220. The van der Waals surface area contributed by atoms with Crippen molar-refractivity contribution in [3.05, 3.63) is 41.5 Å². The second-order valence-electron chi connectivity index (χ2n) is 12.0. The number of benzene rings is 1. The standard InChI is InChI=1S/C31H42N4O8/c1-30(18-43-30)27(37)24(15-21-5-3-4-6-21)32-28(38)25(16-22-7-9-23(40-2)10-8-22)33-29(39)31(19-42-20-31)34-26(36)17-35-11-13-41-14-12-35/h5,7-10,24-25H,3-4,6,11-20H2,1-2H3,(H,32,38)(H,33,39)(H,34,36)/t24-,25-,30+/m0/s1. The molecular formula is C31H42N4O8. The van der Waals surface area contributed by atoms with Crippen LogP contribution < -0.4 is 20.7 Å². The van der Waals surface area contributed by atoms with Crippen molar-refractivity contribution in [2.45, 2.75) is 62.3 Å². The topological polar surface area (TPSA) is 148 Å². The van der Waals surface area contributed by atoms with Crippen LogP contribution in [0.4, 0.5) is 0 Å². The van der Waals surface area contributed by atoms with Gasteiger partial charge in [-0.15, -0.1) is 0 Å². The first-order valence-electron chi connectivity index (χ1n) is 15.0. The van der Waals surface area contributed by atoms with E-state index in [4.69, 9.17) is 18.9 Å². The van der Waals surface area contributed by atoms with Crippen LogP contribution in [-0.4, -0.2) is 111 Å². The minimum atomic E-state index is -1.29. The molecular weight excluding hydrogens is 556 g/mol. The van der Waals surface area contributed by atoms with Crippen LogP contribution in [0.15, 0.2) is 35.9 Å². The highest BCUT2D eigenvalue weighted by Crippen LogP contribution is 2.31. The van der Waals surface area contributed by atoms with E-state index in [0.717, 1.165) is 30.4 Å². The van der Waals surface area contributed by atoms with E-state index in [0.29, 0.717) is 45.1 Å². The first-order chi connectivity index (χ1) is 20.7. The molecule has 3 aliphatic heterocycles. The van der Waals surface area contributed by atoms with Crippen molar-refractivity contribution in [2.75, 3.05) is 59.8 Å². The maximum atomic E-state index is 13.9. The summed E-state index contributed by atoms with van der Waals surface area (Å²) >= 11 is 0. The van der Waals surface area contributed by atoms with Crippen molar-refractivity contribution in [1.82, 2.24) is 20.9 Å². The molecule has 3 saturated heterocycles. The fourth-order valence-electron chi connectivity index (χ4n) is 5.62. The Morgan fingerprint density at radius 2 is 1.70 bits per heavy atom. The summed E-state index contributed by atoms with van der Waals surface area (Å²) in [6.45, 7) is 4.54. The molecule has 3 amide bonds. The molecule has 3 fully saturated rings. The zero-order valence-corrected chi connectivity index (χ0v) is 24.9. The predicted molar refractivity (Wildman–Crippen MR) is 155 cm³/mol. The highest BCUT2D eigenvalue weighted by atomic mass is 16.6. The van der Waals surface area contributed by atoms with E-state index in [1.165, 1.54) is 0 Å². The summed E-state index contributed by atoms with van der Waals surface area (Å²) in [5, 5.41) is 8.66. The Labute approximate surface area is 251 Å². The van der Waals surface area contributed by atoms with E-state index in [2.05, 4.69) is 22.0 Å². The lowest BCUT2D eigenvalue weighted by Gasteiger charge is -2.41. The van der Waals surface area contributed by atoms with Crippen LogP contribution in [0.1, 0.15) is 38.2 Å². The zero-order chi connectivity index (χ0) is 30.5. The van der Waals surface area contributed by atoms with Gasteiger partial charge in [0.25, 0.3) is 5.91 Å². The van der Waals surface area contributed by atoms with E-state index in [-0.39, 0.29) is 37.9 Å². The van der Waals surface area contributed by atoms with Crippen LogP contribution >= 0.6 is 0 Å². The number of hydrogen-bond acceptors (Lipinski definition) is 9. The van der Waals surface area contributed by atoms with Gasteiger partial charge in [0.2, 0.25) is 11.8 Å². The van der Waals surface area contributed by atoms with E-state index in [9.17, 15) is 19.2 Å². The minimum Gasteiger partial charge on any atom is -0.497 e. The van der Waals surface area contributed by atoms with Crippen molar-refractivity contribution in [3.8, 4) is 5.75 Å². The fourth-order valence-corrected chi connectivity index (χ4v) is 5.62. The van der Waals surface area contributed by atoms with Gasteiger partial charge >= 0.3 is 0 Å². The number of allylic oxidation sites excluding steroid dienone is 1. The monoisotopic (exact) mass is 598 g/mol. The third-order valence-electron chi connectivity index (χ3n) is 8.53. The number of carbonyl (C=O) groups is 4. The highest BCUT2D eigenvalue weighted by molar-refractivity contribution is 5.99. The summed E-state index contributed by atoms with van der Waals surface area (Å²) in [7, 11) is 1.57. The summed E-state index contributed by atoms with van der Waals surface area (Å²) in [4.78, 5) is 55.8. The quantitative estimate of drug-likeness (QED) is 0.203. The molecule has 1 aliphatic carbocycles. The Morgan fingerprint density at radius 3 is 2.28 bits per heavy atom. The Kier molecular flexibility index (Phi) is 9.80. The number of epoxide rings is 1. The van der Waals surface area contributed by atoms with Crippen molar-refractivity contribution in [1.29, 1.82) is 0 Å². The van der Waals surface area contributed by atoms with Crippen molar-refractivity contribution >= 4 is 23.5 Å². The van der Waals surface area contributed by atoms with Crippen LogP contribution in [-0.2, 0) is 39.8 Å². The number of nitrogens with one attached hydrogen (secondary N) is 3. The second-order valence-corrected chi connectivity index (χ2v) is 12.0. The highest BCUT2D eigenvalue weighted by Gasteiger charge is 2.51. The van der Waals surface area contributed by atoms with Crippen LogP contribution in [0.3, 0.4) is 0 Å². The molecule has 12 heteroatoms. The number of amides is 3. The molecule has 0 aromatic heterocycles. The second kappa shape index (κ2) is 13.5. The number of ketones is 1.